The molecule has 1 aliphatic carbocycles. The van der Waals surface area contributed by atoms with Gasteiger partial charge < -0.3 is 10.6 Å². The average Bonchev–Trinajstić information content (AvgIpc) is 2.91. The number of hydrogen-bond donors (Lipinski definition) is 1. The van der Waals surface area contributed by atoms with E-state index in [2.05, 4.69) is 24.9 Å². The molecule has 0 heterocycles. The van der Waals surface area contributed by atoms with Gasteiger partial charge in [-0.25, -0.2) is 0 Å². The number of nitrogens with zero attached hydrogens (tertiary/aromatic N) is 1. The van der Waals surface area contributed by atoms with Crippen molar-refractivity contribution >= 4 is 17.3 Å². The number of para-hydroxylation sites is 1. The van der Waals surface area contributed by atoms with Crippen LogP contribution in [0, 0.1) is 5.92 Å². The maximum absolute atomic E-state index is 6.45. The van der Waals surface area contributed by atoms with Gasteiger partial charge in [0, 0.05) is 19.6 Å². The normalized spacial score (nSPS) is 17.4. The first-order valence-electron chi connectivity index (χ1n) is 7.86. The summed E-state index contributed by atoms with van der Waals surface area (Å²) in [6.45, 7) is 3.25. The molecule has 2 rings (SSSR count). The third-order valence-electron chi connectivity index (χ3n) is 4.47. The minimum atomic E-state index is 0.215. The van der Waals surface area contributed by atoms with Crippen molar-refractivity contribution in [2.24, 2.45) is 11.7 Å². The zero-order valence-corrected chi connectivity index (χ0v) is 13.5. The van der Waals surface area contributed by atoms with Crippen LogP contribution in [0.1, 0.15) is 44.6 Å². The van der Waals surface area contributed by atoms with Gasteiger partial charge in [0.1, 0.15) is 0 Å². The maximum atomic E-state index is 6.45. The van der Waals surface area contributed by atoms with Gasteiger partial charge in [-0.05, 0) is 43.2 Å². The van der Waals surface area contributed by atoms with Gasteiger partial charge in [-0.1, -0.05) is 43.5 Å². The molecule has 0 amide bonds. The molecule has 0 bridgehead atoms. The molecular formula is C17H27ClN2. The maximum Gasteiger partial charge on any atom is 0.0642 e. The number of anilines is 1. The van der Waals surface area contributed by atoms with Gasteiger partial charge in [0.25, 0.3) is 0 Å². The molecule has 1 atom stereocenters. The van der Waals surface area contributed by atoms with E-state index in [9.17, 15) is 0 Å². The summed E-state index contributed by atoms with van der Waals surface area (Å²) >= 11 is 6.45. The molecule has 0 aromatic heterocycles. The monoisotopic (exact) mass is 294 g/mol. The Hall–Kier alpha value is -0.730. The number of halogens is 1. The van der Waals surface area contributed by atoms with E-state index in [0.29, 0.717) is 0 Å². The molecule has 1 aromatic carbocycles. The van der Waals surface area contributed by atoms with E-state index >= 15 is 0 Å². The SMILES string of the molecule is CCC(N)Cc1cccc(Cl)c1N(C)CC1CCCC1. The summed E-state index contributed by atoms with van der Waals surface area (Å²) in [5, 5.41) is 0.853. The molecule has 0 aliphatic heterocycles. The highest BCUT2D eigenvalue weighted by Gasteiger charge is 2.20. The second-order valence-electron chi connectivity index (χ2n) is 6.15. The highest BCUT2D eigenvalue weighted by Crippen LogP contribution is 2.33. The van der Waals surface area contributed by atoms with Crippen molar-refractivity contribution in [2.75, 3.05) is 18.5 Å². The van der Waals surface area contributed by atoms with Crippen LogP contribution >= 0.6 is 11.6 Å². The molecule has 0 saturated heterocycles. The van der Waals surface area contributed by atoms with Gasteiger partial charge in [0.15, 0.2) is 0 Å². The quantitative estimate of drug-likeness (QED) is 0.850. The molecule has 1 aromatic rings. The number of hydrogen-bond acceptors (Lipinski definition) is 2. The second kappa shape index (κ2) is 7.33. The van der Waals surface area contributed by atoms with Crippen molar-refractivity contribution in [3.8, 4) is 0 Å². The van der Waals surface area contributed by atoms with E-state index in [1.165, 1.54) is 36.9 Å². The van der Waals surface area contributed by atoms with Crippen molar-refractivity contribution in [1.29, 1.82) is 0 Å². The van der Waals surface area contributed by atoms with Gasteiger partial charge in [-0.3, -0.25) is 0 Å². The fourth-order valence-electron chi connectivity index (χ4n) is 3.25. The Morgan fingerprint density at radius 1 is 1.35 bits per heavy atom. The Morgan fingerprint density at radius 3 is 2.70 bits per heavy atom. The molecule has 1 saturated carbocycles. The summed E-state index contributed by atoms with van der Waals surface area (Å²) in [5.41, 5.74) is 8.60. The molecule has 1 fully saturated rings. The van der Waals surface area contributed by atoms with Crippen LogP contribution in [-0.2, 0) is 6.42 Å². The predicted molar refractivity (Wildman–Crippen MR) is 88.7 cm³/mol. The van der Waals surface area contributed by atoms with Gasteiger partial charge in [0.2, 0.25) is 0 Å². The molecule has 2 nitrogen and oxygen atoms in total. The summed E-state index contributed by atoms with van der Waals surface area (Å²) in [5.74, 6) is 0.823. The highest BCUT2D eigenvalue weighted by atomic mass is 35.5. The summed E-state index contributed by atoms with van der Waals surface area (Å²) in [6.07, 6.45) is 7.39. The number of rotatable bonds is 6. The Kier molecular flexibility index (Phi) is 5.74. The van der Waals surface area contributed by atoms with E-state index in [4.69, 9.17) is 17.3 Å². The van der Waals surface area contributed by atoms with Crippen molar-refractivity contribution in [2.45, 2.75) is 51.5 Å². The molecule has 1 aliphatic rings. The molecule has 20 heavy (non-hydrogen) atoms. The fourth-order valence-corrected chi connectivity index (χ4v) is 3.59. The Morgan fingerprint density at radius 2 is 2.05 bits per heavy atom. The summed E-state index contributed by atoms with van der Waals surface area (Å²) in [6, 6.07) is 6.41. The van der Waals surface area contributed by atoms with E-state index in [-0.39, 0.29) is 6.04 Å². The first kappa shape index (κ1) is 15.7. The van der Waals surface area contributed by atoms with Crippen LogP contribution < -0.4 is 10.6 Å². The lowest BCUT2D eigenvalue weighted by atomic mass is 10.0. The van der Waals surface area contributed by atoms with Crippen molar-refractivity contribution in [3.05, 3.63) is 28.8 Å². The lowest BCUT2D eigenvalue weighted by Crippen LogP contribution is -2.27. The molecule has 1 unspecified atom stereocenters. The average molecular weight is 295 g/mol. The van der Waals surface area contributed by atoms with Crippen molar-refractivity contribution < 1.29 is 0 Å². The summed E-state index contributed by atoms with van der Waals surface area (Å²) < 4.78 is 0. The van der Waals surface area contributed by atoms with E-state index in [1.807, 2.05) is 12.1 Å². The summed E-state index contributed by atoms with van der Waals surface area (Å²) in [4.78, 5) is 2.34. The Balaban J connectivity index is 2.15. The van der Waals surface area contributed by atoms with Crippen LogP contribution in [0.4, 0.5) is 5.69 Å². The van der Waals surface area contributed by atoms with Crippen molar-refractivity contribution in [1.82, 2.24) is 0 Å². The van der Waals surface area contributed by atoms with Gasteiger partial charge in [0.05, 0.1) is 10.7 Å². The van der Waals surface area contributed by atoms with Crippen LogP contribution in [-0.4, -0.2) is 19.6 Å². The van der Waals surface area contributed by atoms with Gasteiger partial charge >= 0.3 is 0 Å². The molecule has 3 heteroatoms. The van der Waals surface area contributed by atoms with E-state index in [0.717, 1.165) is 30.3 Å². The number of nitrogens with two attached hydrogens (primary N) is 1. The standard InChI is InChI=1S/C17H27ClN2/c1-3-15(19)11-14-9-6-10-16(18)17(14)20(2)12-13-7-4-5-8-13/h6,9-10,13,15H,3-5,7-8,11-12,19H2,1-2H3. The third kappa shape index (κ3) is 3.89. The summed E-state index contributed by atoms with van der Waals surface area (Å²) in [7, 11) is 2.17. The van der Waals surface area contributed by atoms with Crippen LogP contribution in [0.5, 0.6) is 0 Å². The molecule has 2 N–H and O–H groups in total. The number of benzene rings is 1. The van der Waals surface area contributed by atoms with Crippen LogP contribution in [0.2, 0.25) is 5.02 Å². The zero-order chi connectivity index (χ0) is 14.5. The van der Waals surface area contributed by atoms with Crippen molar-refractivity contribution in [3.63, 3.8) is 0 Å². The fraction of sp³-hybridized carbons (Fsp3) is 0.647. The zero-order valence-electron chi connectivity index (χ0n) is 12.7. The van der Waals surface area contributed by atoms with E-state index in [1.54, 1.807) is 0 Å². The molecular weight excluding hydrogens is 268 g/mol. The first-order valence-corrected chi connectivity index (χ1v) is 8.23. The van der Waals surface area contributed by atoms with Gasteiger partial charge in [-0.2, -0.15) is 0 Å². The minimum Gasteiger partial charge on any atom is -0.373 e. The van der Waals surface area contributed by atoms with Gasteiger partial charge in [-0.15, -0.1) is 0 Å². The molecule has 0 radical (unpaired) electrons. The van der Waals surface area contributed by atoms with Crippen LogP contribution in [0.15, 0.2) is 18.2 Å². The van der Waals surface area contributed by atoms with E-state index < -0.39 is 0 Å². The third-order valence-corrected chi connectivity index (χ3v) is 4.77. The highest BCUT2D eigenvalue weighted by molar-refractivity contribution is 6.33. The Bertz CT molecular complexity index is 427. The minimum absolute atomic E-state index is 0.215. The smallest absolute Gasteiger partial charge is 0.0642 e. The Labute approximate surface area is 128 Å². The largest absolute Gasteiger partial charge is 0.373 e. The second-order valence-corrected chi connectivity index (χ2v) is 6.56. The molecule has 0 spiro atoms. The molecule has 112 valence electrons. The predicted octanol–water partition coefficient (Wildman–Crippen LogP) is 4.25. The topological polar surface area (TPSA) is 29.3 Å². The lowest BCUT2D eigenvalue weighted by molar-refractivity contribution is 0.545. The lowest BCUT2D eigenvalue weighted by Gasteiger charge is -2.27. The first-order chi connectivity index (χ1) is 9.61. The van der Waals surface area contributed by atoms with Crippen LogP contribution in [0.25, 0.3) is 0 Å². The van der Waals surface area contributed by atoms with Crippen LogP contribution in [0.3, 0.4) is 0 Å².